The highest BCUT2D eigenvalue weighted by molar-refractivity contribution is 6.00. The smallest absolute Gasteiger partial charge is 0.226 e. The molecule has 4 heteroatoms. The zero-order valence-corrected chi connectivity index (χ0v) is 8.68. The van der Waals surface area contributed by atoms with Gasteiger partial charge in [0.15, 0.2) is 0 Å². The van der Waals surface area contributed by atoms with Crippen molar-refractivity contribution in [3.8, 4) is 0 Å². The number of fused-ring (bicyclic) bond motifs is 1. The van der Waals surface area contributed by atoms with Gasteiger partial charge in [-0.15, -0.1) is 0 Å². The molecule has 0 saturated heterocycles. The summed E-state index contributed by atoms with van der Waals surface area (Å²) in [6, 6.07) is 9.37. The fraction of sp³-hybridized carbons (Fsp3) is 0.167. The number of hydrogen-bond acceptors (Lipinski definition) is 3. The van der Waals surface area contributed by atoms with Gasteiger partial charge in [-0.3, -0.25) is 9.78 Å². The van der Waals surface area contributed by atoms with Crippen LogP contribution >= 0.6 is 0 Å². The zero-order valence-electron chi connectivity index (χ0n) is 8.68. The Kier molecular flexibility index (Phi) is 3.12. The first-order chi connectivity index (χ1) is 7.81. The number of para-hydroxylation sites is 1. The molecule has 0 spiro atoms. The number of rotatable bonds is 3. The van der Waals surface area contributed by atoms with Crippen LogP contribution in [0, 0.1) is 0 Å². The molecule has 0 radical (unpaired) electrons. The lowest BCUT2D eigenvalue weighted by Crippen LogP contribution is -2.13. The summed E-state index contributed by atoms with van der Waals surface area (Å²) < 4.78 is 0. The maximum absolute atomic E-state index is 11.4. The molecule has 0 aliphatic carbocycles. The predicted molar refractivity (Wildman–Crippen MR) is 62.1 cm³/mol. The molecule has 0 atom stereocenters. The highest BCUT2D eigenvalue weighted by atomic mass is 16.3. The van der Waals surface area contributed by atoms with Gasteiger partial charge in [-0.05, 0) is 12.1 Å². The van der Waals surface area contributed by atoms with Crippen molar-refractivity contribution in [3.63, 3.8) is 0 Å². The average Bonchev–Trinajstić information content (AvgIpc) is 2.30. The highest BCUT2D eigenvalue weighted by Crippen LogP contribution is 2.20. The van der Waals surface area contributed by atoms with Crippen LogP contribution in [0.25, 0.3) is 10.9 Å². The summed E-state index contributed by atoms with van der Waals surface area (Å²) in [6.07, 6.45) is 1.78. The molecule has 1 aromatic carbocycles. The number of hydrogen-bond donors (Lipinski definition) is 2. The predicted octanol–water partition coefficient (Wildman–Crippen LogP) is 1.56. The second-order valence-corrected chi connectivity index (χ2v) is 3.40. The molecule has 2 aromatic rings. The largest absolute Gasteiger partial charge is 0.396 e. The summed E-state index contributed by atoms with van der Waals surface area (Å²) >= 11 is 0. The van der Waals surface area contributed by atoms with Crippen LogP contribution < -0.4 is 5.32 Å². The molecule has 1 heterocycles. The van der Waals surface area contributed by atoms with E-state index >= 15 is 0 Å². The zero-order chi connectivity index (χ0) is 11.4. The van der Waals surface area contributed by atoms with Crippen LogP contribution in [0.4, 0.5) is 5.69 Å². The van der Waals surface area contributed by atoms with Crippen LogP contribution in [0.5, 0.6) is 0 Å². The highest BCUT2D eigenvalue weighted by Gasteiger charge is 2.05. The molecular formula is C12H12N2O2. The summed E-state index contributed by atoms with van der Waals surface area (Å²) in [5.74, 6) is -0.208. The molecule has 0 aliphatic rings. The van der Waals surface area contributed by atoms with Crippen LogP contribution in [-0.2, 0) is 4.79 Å². The number of anilines is 1. The number of benzene rings is 1. The van der Waals surface area contributed by atoms with E-state index in [2.05, 4.69) is 10.3 Å². The molecule has 82 valence electrons. The van der Waals surface area contributed by atoms with Crippen LogP contribution in [-0.4, -0.2) is 22.6 Å². The number of nitrogens with zero attached hydrogens (tertiary/aromatic N) is 1. The van der Waals surface area contributed by atoms with Crippen LogP contribution in [0.2, 0.25) is 0 Å². The third-order valence-electron chi connectivity index (χ3n) is 2.25. The number of nitrogens with one attached hydrogen (secondary N) is 1. The number of aliphatic hydroxyl groups excluding tert-OH is 1. The molecule has 2 rings (SSSR count). The van der Waals surface area contributed by atoms with Gasteiger partial charge in [0.05, 0.1) is 24.2 Å². The summed E-state index contributed by atoms with van der Waals surface area (Å²) in [4.78, 5) is 15.6. The molecule has 16 heavy (non-hydrogen) atoms. The number of pyridine rings is 1. The third-order valence-corrected chi connectivity index (χ3v) is 2.25. The van der Waals surface area contributed by atoms with E-state index in [9.17, 15) is 4.79 Å². The van der Waals surface area contributed by atoms with Crippen molar-refractivity contribution in [1.82, 2.24) is 4.98 Å². The Balaban J connectivity index is 2.33. The molecule has 0 fully saturated rings. The Labute approximate surface area is 92.9 Å². The lowest BCUT2D eigenvalue weighted by atomic mass is 10.2. The summed E-state index contributed by atoms with van der Waals surface area (Å²) in [5.41, 5.74) is 1.44. The first kappa shape index (κ1) is 10.6. The lowest BCUT2D eigenvalue weighted by Gasteiger charge is -2.06. The van der Waals surface area contributed by atoms with Crippen molar-refractivity contribution in [2.24, 2.45) is 0 Å². The SMILES string of the molecule is O=C(CCO)Nc1cccc2cccnc12. The summed E-state index contributed by atoms with van der Waals surface area (Å²) in [5, 5.41) is 12.4. The number of aromatic nitrogens is 1. The number of amides is 1. The minimum absolute atomic E-state index is 0.100. The molecule has 4 nitrogen and oxygen atoms in total. The van der Waals surface area contributed by atoms with E-state index in [4.69, 9.17) is 5.11 Å². The monoisotopic (exact) mass is 216 g/mol. The average molecular weight is 216 g/mol. The van der Waals surface area contributed by atoms with Gasteiger partial charge < -0.3 is 10.4 Å². The van der Waals surface area contributed by atoms with E-state index in [1.54, 1.807) is 12.3 Å². The van der Waals surface area contributed by atoms with Crippen LogP contribution in [0.1, 0.15) is 6.42 Å². The summed E-state index contributed by atoms with van der Waals surface area (Å²) in [7, 11) is 0. The van der Waals surface area contributed by atoms with Crippen molar-refractivity contribution in [2.45, 2.75) is 6.42 Å². The fourth-order valence-electron chi connectivity index (χ4n) is 1.52. The third kappa shape index (κ3) is 2.17. The van der Waals surface area contributed by atoms with E-state index in [0.717, 1.165) is 10.9 Å². The van der Waals surface area contributed by atoms with Crippen molar-refractivity contribution in [2.75, 3.05) is 11.9 Å². The Bertz CT molecular complexity index is 506. The van der Waals surface area contributed by atoms with Gasteiger partial charge in [0.2, 0.25) is 5.91 Å². The molecule has 0 aliphatic heterocycles. The Morgan fingerprint density at radius 1 is 1.31 bits per heavy atom. The first-order valence-electron chi connectivity index (χ1n) is 5.06. The van der Waals surface area contributed by atoms with E-state index in [-0.39, 0.29) is 18.9 Å². The lowest BCUT2D eigenvalue weighted by molar-refractivity contribution is -0.116. The van der Waals surface area contributed by atoms with Crippen LogP contribution in [0.15, 0.2) is 36.5 Å². The van der Waals surface area contributed by atoms with Gasteiger partial charge in [-0.25, -0.2) is 0 Å². The van der Waals surface area contributed by atoms with Gasteiger partial charge in [-0.2, -0.15) is 0 Å². The Hall–Kier alpha value is -1.94. The molecule has 0 bridgehead atoms. The van der Waals surface area contributed by atoms with Crippen molar-refractivity contribution >= 4 is 22.5 Å². The van der Waals surface area contributed by atoms with Gasteiger partial charge in [0, 0.05) is 11.6 Å². The quantitative estimate of drug-likeness (QED) is 0.818. The van der Waals surface area contributed by atoms with Gasteiger partial charge in [0.25, 0.3) is 0 Å². The number of carbonyl (C=O) groups excluding carboxylic acids is 1. The van der Waals surface area contributed by atoms with Crippen LogP contribution in [0.3, 0.4) is 0 Å². The van der Waals surface area contributed by atoms with Gasteiger partial charge >= 0.3 is 0 Å². The molecule has 1 amide bonds. The molecular weight excluding hydrogens is 204 g/mol. The van der Waals surface area contributed by atoms with E-state index < -0.39 is 0 Å². The van der Waals surface area contributed by atoms with Crippen molar-refractivity contribution < 1.29 is 9.90 Å². The van der Waals surface area contributed by atoms with Gasteiger partial charge in [-0.1, -0.05) is 18.2 Å². The van der Waals surface area contributed by atoms with Gasteiger partial charge in [0.1, 0.15) is 0 Å². The number of aliphatic hydroxyl groups is 1. The van der Waals surface area contributed by atoms with Crippen molar-refractivity contribution in [1.29, 1.82) is 0 Å². The summed E-state index contributed by atoms with van der Waals surface area (Å²) in [6.45, 7) is -0.149. The normalized spacial score (nSPS) is 10.3. The molecule has 0 unspecified atom stereocenters. The number of carbonyl (C=O) groups is 1. The molecule has 0 saturated carbocycles. The maximum Gasteiger partial charge on any atom is 0.226 e. The van der Waals surface area contributed by atoms with Crippen molar-refractivity contribution in [3.05, 3.63) is 36.5 Å². The minimum atomic E-state index is -0.208. The first-order valence-corrected chi connectivity index (χ1v) is 5.06. The molecule has 1 aromatic heterocycles. The maximum atomic E-state index is 11.4. The Morgan fingerprint density at radius 3 is 2.94 bits per heavy atom. The van der Waals surface area contributed by atoms with E-state index in [0.29, 0.717) is 5.69 Å². The van der Waals surface area contributed by atoms with E-state index in [1.807, 2.05) is 24.3 Å². The van der Waals surface area contributed by atoms with E-state index in [1.165, 1.54) is 0 Å². The second kappa shape index (κ2) is 4.72. The minimum Gasteiger partial charge on any atom is -0.396 e. The molecule has 2 N–H and O–H groups in total. The topological polar surface area (TPSA) is 62.2 Å². The standard InChI is InChI=1S/C12H12N2O2/c15-8-6-11(16)14-10-5-1-3-9-4-2-7-13-12(9)10/h1-5,7,15H,6,8H2,(H,14,16). The second-order valence-electron chi connectivity index (χ2n) is 3.40. The Morgan fingerprint density at radius 2 is 2.12 bits per heavy atom. The fourth-order valence-corrected chi connectivity index (χ4v) is 1.52.